The van der Waals surface area contributed by atoms with Crippen molar-refractivity contribution >= 4 is 17.3 Å². The van der Waals surface area contributed by atoms with Gasteiger partial charge in [-0.3, -0.25) is 9.78 Å². The van der Waals surface area contributed by atoms with Gasteiger partial charge in [-0.25, -0.2) is 18.5 Å². The van der Waals surface area contributed by atoms with Crippen LogP contribution in [0.5, 0.6) is 0 Å². The number of rotatable bonds is 3. The molecule has 7 heteroatoms. The number of nitrogens with zero attached hydrogens (tertiary/aromatic N) is 4. The van der Waals surface area contributed by atoms with Gasteiger partial charge < -0.3 is 0 Å². The van der Waals surface area contributed by atoms with Gasteiger partial charge in [-0.05, 0) is 31.4 Å². The smallest absolute Gasteiger partial charge is 0.248 e. The van der Waals surface area contributed by atoms with Crippen LogP contribution in [0.1, 0.15) is 59.8 Å². The number of aromatic nitrogens is 3. The Morgan fingerprint density at radius 1 is 1.31 bits per heavy atom. The third-order valence-electron chi connectivity index (χ3n) is 5.22. The molecule has 0 radical (unpaired) electrons. The van der Waals surface area contributed by atoms with Crippen molar-refractivity contribution in [2.75, 3.05) is 0 Å². The molecular weight excluding hydrogens is 338 g/mol. The number of hydrogen-bond acceptors (Lipinski definition) is 4. The van der Waals surface area contributed by atoms with Gasteiger partial charge in [0.15, 0.2) is 11.6 Å². The van der Waals surface area contributed by atoms with Gasteiger partial charge >= 0.3 is 0 Å². The van der Waals surface area contributed by atoms with E-state index in [1.807, 2.05) is 19.1 Å². The molecule has 136 valence electrons. The van der Waals surface area contributed by atoms with E-state index >= 15 is 0 Å². The van der Waals surface area contributed by atoms with E-state index in [9.17, 15) is 13.6 Å². The van der Waals surface area contributed by atoms with Crippen LogP contribution in [0.15, 0.2) is 29.5 Å². The number of fused-ring (bicyclic) bond motifs is 1. The molecule has 0 aromatic carbocycles. The molecule has 2 aliphatic rings. The Morgan fingerprint density at radius 2 is 2.08 bits per heavy atom. The van der Waals surface area contributed by atoms with Gasteiger partial charge in [0, 0.05) is 36.9 Å². The second kappa shape index (κ2) is 6.37. The molecule has 5 nitrogen and oxygen atoms in total. The minimum Gasteiger partial charge on any atom is -0.294 e. The topological polar surface area (TPSA) is 60.1 Å². The van der Waals surface area contributed by atoms with Gasteiger partial charge in [0.25, 0.3) is 0 Å². The predicted octanol–water partition coefficient (Wildman–Crippen LogP) is 4.24. The Balaban J connectivity index is 1.62. The van der Waals surface area contributed by atoms with Crippen LogP contribution >= 0.6 is 0 Å². The summed E-state index contributed by atoms with van der Waals surface area (Å²) in [6.45, 7) is 1.98. The molecule has 0 N–H and O–H groups in total. The van der Waals surface area contributed by atoms with Crippen LogP contribution in [0.2, 0.25) is 0 Å². The molecule has 3 heterocycles. The fraction of sp³-hybridized carbons (Fsp3) is 0.474. The minimum absolute atomic E-state index is 0.0222. The van der Waals surface area contributed by atoms with Gasteiger partial charge in [0.05, 0.1) is 24.2 Å². The van der Waals surface area contributed by atoms with Crippen molar-refractivity contribution in [1.82, 2.24) is 14.8 Å². The van der Waals surface area contributed by atoms with Crippen LogP contribution < -0.4 is 0 Å². The number of halogens is 2. The number of carbonyl (C=O) groups is 1. The number of hydrogen-bond donors (Lipinski definition) is 0. The summed E-state index contributed by atoms with van der Waals surface area (Å²) in [4.78, 5) is 21.5. The number of aliphatic imine (C=N–C) groups is 1. The van der Waals surface area contributed by atoms with E-state index in [1.165, 1.54) is 6.20 Å². The first kappa shape index (κ1) is 17.0. The second-order valence-electron chi connectivity index (χ2n) is 7.14. The van der Waals surface area contributed by atoms with Crippen LogP contribution in [0.25, 0.3) is 0 Å². The number of alkyl halides is 2. The lowest BCUT2D eigenvalue weighted by atomic mass is 9.92. The fourth-order valence-corrected chi connectivity index (χ4v) is 3.67. The molecular formula is C19H20F2N4O. The molecule has 1 aliphatic carbocycles. The van der Waals surface area contributed by atoms with Crippen LogP contribution in [0.3, 0.4) is 0 Å². The summed E-state index contributed by atoms with van der Waals surface area (Å²) in [7, 11) is 0. The highest BCUT2D eigenvalue weighted by Crippen LogP contribution is 2.41. The van der Waals surface area contributed by atoms with Crippen LogP contribution in [-0.2, 0) is 6.42 Å². The van der Waals surface area contributed by atoms with Crippen LogP contribution in [-0.4, -0.2) is 32.2 Å². The molecule has 0 unspecified atom stereocenters. The standard InChI is InChI=1S/C19H20F2N4O/c1-12-3-2-8-22-16(12)9-13-10-17(26)15-11-23-25(18(15)24-13)14-4-6-19(20,21)7-5-14/h2-3,8,11,14H,4-7,9-10H2,1H3. The van der Waals surface area contributed by atoms with E-state index < -0.39 is 5.92 Å². The maximum atomic E-state index is 13.4. The first-order valence-electron chi connectivity index (χ1n) is 8.88. The lowest BCUT2D eigenvalue weighted by Gasteiger charge is -2.29. The third-order valence-corrected chi connectivity index (χ3v) is 5.22. The number of pyridine rings is 1. The maximum absolute atomic E-state index is 13.4. The Kier molecular flexibility index (Phi) is 4.17. The van der Waals surface area contributed by atoms with E-state index in [0.29, 0.717) is 30.6 Å². The van der Waals surface area contributed by atoms with E-state index in [-0.39, 0.29) is 31.1 Å². The van der Waals surface area contributed by atoms with E-state index in [1.54, 1.807) is 10.9 Å². The van der Waals surface area contributed by atoms with Crippen molar-refractivity contribution in [2.24, 2.45) is 4.99 Å². The van der Waals surface area contributed by atoms with Gasteiger partial charge in [-0.2, -0.15) is 5.10 Å². The van der Waals surface area contributed by atoms with E-state index in [0.717, 1.165) is 17.0 Å². The molecule has 0 spiro atoms. The zero-order valence-electron chi connectivity index (χ0n) is 14.6. The summed E-state index contributed by atoms with van der Waals surface area (Å²) < 4.78 is 28.6. The summed E-state index contributed by atoms with van der Waals surface area (Å²) in [5.74, 6) is -2.10. The summed E-state index contributed by atoms with van der Waals surface area (Å²) in [6.07, 6.45) is 4.40. The largest absolute Gasteiger partial charge is 0.294 e. The van der Waals surface area contributed by atoms with E-state index in [2.05, 4.69) is 15.1 Å². The molecule has 0 atom stereocenters. The third kappa shape index (κ3) is 3.18. The van der Waals surface area contributed by atoms with Crippen LogP contribution in [0.4, 0.5) is 14.6 Å². The lowest BCUT2D eigenvalue weighted by Crippen LogP contribution is -2.27. The first-order valence-corrected chi connectivity index (χ1v) is 8.88. The zero-order valence-corrected chi connectivity index (χ0v) is 14.6. The van der Waals surface area contributed by atoms with Crippen molar-refractivity contribution < 1.29 is 13.6 Å². The molecule has 1 aliphatic heterocycles. The van der Waals surface area contributed by atoms with Crippen molar-refractivity contribution in [3.63, 3.8) is 0 Å². The normalized spacial score (nSPS) is 20.0. The van der Waals surface area contributed by atoms with Gasteiger partial charge in [-0.1, -0.05) is 6.07 Å². The predicted molar refractivity (Wildman–Crippen MR) is 93.4 cm³/mol. The molecule has 0 saturated heterocycles. The average molecular weight is 358 g/mol. The highest BCUT2D eigenvalue weighted by molar-refractivity contribution is 6.15. The highest BCUT2D eigenvalue weighted by Gasteiger charge is 2.37. The second-order valence-corrected chi connectivity index (χ2v) is 7.14. The van der Waals surface area contributed by atoms with Crippen LogP contribution in [0, 0.1) is 6.92 Å². The molecule has 2 aromatic rings. The summed E-state index contributed by atoms with van der Waals surface area (Å²) in [5, 5.41) is 4.31. The number of Topliss-reactive ketones (excluding diaryl/α,β-unsaturated/α-hetero) is 1. The molecule has 26 heavy (non-hydrogen) atoms. The van der Waals surface area contributed by atoms with Crippen molar-refractivity contribution in [1.29, 1.82) is 0 Å². The maximum Gasteiger partial charge on any atom is 0.248 e. The summed E-state index contributed by atoms with van der Waals surface area (Å²) >= 11 is 0. The van der Waals surface area contributed by atoms with Gasteiger partial charge in [-0.15, -0.1) is 0 Å². The minimum atomic E-state index is -2.59. The van der Waals surface area contributed by atoms with Gasteiger partial charge in [0.1, 0.15) is 0 Å². The average Bonchev–Trinajstić information content (AvgIpc) is 3.01. The molecule has 0 bridgehead atoms. The van der Waals surface area contributed by atoms with Crippen molar-refractivity contribution in [3.05, 3.63) is 41.3 Å². The highest BCUT2D eigenvalue weighted by atomic mass is 19.3. The molecule has 0 amide bonds. The molecule has 2 aromatic heterocycles. The summed E-state index contributed by atoms with van der Waals surface area (Å²) in [6, 6.07) is 3.72. The quantitative estimate of drug-likeness (QED) is 0.824. The number of carbonyl (C=O) groups excluding carboxylic acids is 1. The number of aryl methyl sites for hydroxylation is 1. The Bertz CT molecular complexity index is 877. The fourth-order valence-electron chi connectivity index (χ4n) is 3.67. The Hall–Kier alpha value is -2.44. The van der Waals surface area contributed by atoms with Crippen molar-refractivity contribution in [2.45, 2.75) is 57.4 Å². The number of ketones is 1. The molecule has 1 saturated carbocycles. The first-order chi connectivity index (χ1) is 12.4. The van der Waals surface area contributed by atoms with Crippen molar-refractivity contribution in [3.8, 4) is 0 Å². The zero-order chi connectivity index (χ0) is 18.3. The Labute approximate surface area is 150 Å². The Morgan fingerprint density at radius 3 is 2.81 bits per heavy atom. The molecule has 4 rings (SSSR count). The molecule has 1 fully saturated rings. The monoisotopic (exact) mass is 358 g/mol. The van der Waals surface area contributed by atoms with E-state index in [4.69, 9.17) is 0 Å². The summed E-state index contributed by atoms with van der Waals surface area (Å²) in [5.41, 5.74) is 3.18. The van der Waals surface area contributed by atoms with Gasteiger partial charge in [0.2, 0.25) is 5.92 Å². The SMILES string of the molecule is Cc1cccnc1CC1=Nc2c(cnn2C2CCC(F)(F)CC2)C(=O)C1. The lowest BCUT2D eigenvalue weighted by molar-refractivity contribution is -0.0448.